The van der Waals surface area contributed by atoms with Gasteiger partial charge in [-0.3, -0.25) is 0 Å². The third-order valence-corrected chi connectivity index (χ3v) is 4.32. The highest BCUT2D eigenvalue weighted by Gasteiger charge is 2.42. The molecule has 4 heteroatoms. The topological polar surface area (TPSA) is 62.4 Å². The first-order valence-electron chi connectivity index (χ1n) is 6.61. The van der Waals surface area contributed by atoms with Crippen LogP contribution in [0.1, 0.15) is 31.2 Å². The van der Waals surface area contributed by atoms with Crippen LogP contribution in [0.4, 0.5) is 5.82 Å². The summed E-state index contributed by atoms with van der Waals surface area (Å²) in [5.41, 5.74) is 6.70. The fourth-order valence-corrected chi connectivity index (χ4v) is 3.09. The number of nitrogens with zero attached hydrogens (tertiary/aromatic N) is 2. The number of aliphatic hydroxyl groups excluding tert-OH is 1. The van der Waals surface area contributed by atoms with E-state index in [1.165, 1.54) is 12.8 Å². The fraction of sp³-hybridized carbons (Fsp3) is 0.643. The number of aromatic nitrogens is 1. The van der Waals surface area contributed by atoms with Crippen LogP contribution in [0.5, 0.6) is 0 Å². The maximum atomic E-state index is 10.6. The molecular weight excluding hydrogens is 226 g/mol. The van der Waals surface area contributed by atoms with Gasteiger partial charge in [0.25, 0.3) is 0 Å². The number of anilines is 1. The molecule has 0 saturated heterocycles. The number of rotatable bonds is 4. The van der Waals surface area contributed by atoms with Crippen LogP contribution < -0.4 is 5.73 Å². The maximum absolute atomic E-state index is 10.6. The molecule has 1 fully saturated rings. The summed E-state index contributed by atoms with van der Waals surface area (Å²) in [6, 6.07) is 3.82. The summed E-state index contributed by atoms with van der Waals surface area (Å²) in [5.74, 6) is 0.531. The van der Waals surface area contributed by atoms with Gasteiger partial charge in [-0.05, 0) is 38.6 Å². The van der Waals surface area contributed by atoms with Gasteiger partial charge in [0.15, 0.2) is 0 Å². The molecule has 3 N–H and O–H groups in total. The molecule has 1 saturated carbocycles. The van der Waals surface area contributed by atoms with Crippen molar-refractivity contribution in [3.05, 3.63) is 23.9 Å². The van der Waals surface area contributed by atoms with E-state index in [4.69, 9.17) is 5.73 Å². The predicted octanol–water partition coefficient (Wildman–Crippen LogP) is 1.44. The van der Waals surface area contributed by atoms with Crippen molar-refractivity contribution in [1.82, 2.24) is 9.88 Å². The third-order valence-electron chi connectivity index (χ3n) is 4.32. The minimum atomic E-state index is -0.388. The second kappa shape index (κ2) is 5.24. The van der Waals surface area contributed by atoms with E-state index in [1.807, 2.05) is 12.1 Å². The monoisotopic (exact) mass is 249 g/mol. The number of nitrogens with two attached hydrogens (primary N) is 1. The molecule has 1 aliphatic carbocycles. The standard InChI is InChI=1S/C14H23N3O/c1-17(2)14(7-3-4-8-14)12(18)10-11-6-5-9-16-13(11)15/h5-6,9,12,18H,3-4,7-8,10H2,1-2H3,(H2,15,16). The molecule has 0 bridgehead atoms. The molecule has 0 radical (unpaired) electrons. The average molecular weight is 249 g/mol. The molecule has 100 valence electrons. The molecule has 0 aliphatic heterocycles. The molecule has 0 aromatic carbocycles. The van der Waals surface area contributed by atoms with Crippen LogP contribution in [-0.2, 0) is 6.42 Å². The van der Waals surface area contributed by atoms with Crippen LogP contribution in [0.15, 0.2) is 18.3 Å². The van der Waals surface area contributed by atoms with Gasteiger partial charge in [-0.15, -0.1) is 0 Å². The Morgan fingerprint density at radius 2 is 2.11 bits per heavy atom. The van der Waals surface area contributed by atoms with Gasteiger partial charge in [0.2, 0.25) is 0 Å². The smallest absolute Gasteiger partial charge is 0.126 e. The van der Waals surface area contributed by atoms with Crippen molar-refractivity contribution in [2.75, 3.05) is 19.8 Å². The van der Waals surface area contributed by atoms with Crippen molar-refractivity contribution < 1.29 is 5.11 Å². The zero-order valence-electron chi connectivity index (χ0n) is 11.3. The Morgan fingerprint density at radius 3 is 2.67 bits per heavy atom. The summed E-state index contributed by atoms with van der Waals surface area (Å²) in [4.78, 5) is 6.26. The van der Waals surface area contributed by atoms with E-state index in [0.717, 1.165) is 18.4 Å². The van der Waals surface area contributed by atoms with Crippen molar-refractivity contribution in [3.8, 4) is 0 Å². The maximum Gasteiger partial charge on any atom is 0.126 e. The van der Waals surface area contributed by atoms with E-state index in [0.29, 0.717) is 12.2 Å². The van der Waals surface area contributed by atoms with E-state index in [-0.39, 0.29) is 11.6 Å². The highest BCUT2D eigenvalue weighted by atomic mass is 16.3. The summed E-state index contributed by atoms with van der Waals surface area (Å²) in [7, 11) is 4.11. The lowest BCUT2D eigenvalue weighted by Gasteiger charge is -2.40. The lowest BCUT2D eigenvalue weighted by Crippen LogP contribution is -2.52. The van der Waals surface area contributed by atoms with Crippen LogP contribution in [0.3, 0.4) is 0 Å². The first-order chi connectivity index (χ1) is 8.56. The Bertz CT molecular complexity index is 400. The lowest BCUT2D eigenvalue weighted by atomic mass is 9.85. The van der Waals surface area contributed by atoms with E-state index in [1.54, 1.807) is 6.20 Å². The Balaban J connectivity index is 2.16. The first-order valence-corrected chi connectivity index (χ1v) is 6.61. The Hall–Kier alpha value is -1.13. The summed E-state index contributed by atoms with van der Waals surface area (Å²) < 4.78 is 0. The van der Waals surface area contributed by atoms with Crippen molar-refractivity contribution in [2.45, 2.75) is 43.7 Å². The molecule has 1 atom stereocenters. The van der Waals surface area contributed by atoms with Crippen molar-refractivity contribution in [3.63, 3.8) is 0 Å². The molecule has 1 unspecified atom stereocenters. The number of hydrogen-bond acceptors (Lipinski definition) is 4. The van der Waals surface area contributed by atoms with E-state index in [2.05, 4.69) is 24.0 Å². The number of hydrogen-bond donors (Lipinski definition) is 2. The van der Waals surface area contributed by atoms with Gasteiger partial charge < -0.3 is 15.7 Å². The second-order valence-corrected chi connectivity index (χ2v) is 5.47. The zero-order chi connectivity index (χ0) is 13.2. The summed E-state index contributed by atoms with van der Waals surface area (Å²) in [5, 5.41) is 10.6. The highest BCUT2D eigenvalue weighted by Crippen LogP contribution is 2.38. The Labute approximate surface area is 109 Å². The SMILES string of the molecule is CN(C)C1(C(O)Cc2cccnc2N)CCCC1. The summed E-state index contributed by atoms with van der Waals surface area (Å²) in [6.07, 6.45) is 6.37. The van der Waals surface area contributed by atoms with Crippen molar-refractivity contribution in [1.29, 1.82) is 0 Å². The first kappa shape index (κ1) is 13.3. The van der Waals surface area contributed by atoms with E-state index >= 15 is 0 Å². The number of pyridine rings is 1. The average Bonchev–Trinajstić information content (AvgIpc) is 2.82. The predicted molar refractivity (Wildman–Crippen MR) is 73.2 cm³/mol. The number of nitrogen functional groups attached to an aromatic ring is 1. The molecule has 18 heavy (non-hydrogen) atoms. The third kappa shape index (κ3) is 2.35. The Kier molecular flexibility index (Phi) is 3.88. The lowest BCUT2D eigenvalue weighted by molar-refractivity contribution is -0.00245. The minimum Gasteiger partial charge on any atom is -0.391 e. The van der Waals surface area contributed by atoms with Gasteiger partial charge >= 0.3 is 0 Å². The van der Waals surface area contributed by atoms with Gasteiger partial charge in [-0.1, -0.05) is 18.9 Å². The van der Waals surface area contributed by atoms with Crippen molar-refractivity contribution in [2.24, 2.45) is 0 Å². The molecule has 1 aromatic heterocycles. The second-order valence-electron chi connectivity index (χ2n) is 5.47. The van der Waals surface area contributed by atoms with E-state index < -0.39 is 0 Å². The molecule has 1 aliphatic rings. The molecule has 0 spiro atoms. The summed E-state index contributed by atoms with van der Waals surface area (Å²) in [6.45, 7) is 0. The highest BCUT2D eigenvalue weighted by molar-refractivity contribution is 5.39. The molecule has 1 aromatic rings. The number of likely N-dealkylation sites (N-methyl/N-ethyl adjacent to an activating group) is 1. The van der Waals surface area contributed by atoms with Crippen molar-refractivity contribution >= 4 is 5.82 Å². The van der Waals surface area contributed by atoms with Gasteiger partial charge in [0, 0.05) is 18.2 Å². The molecule has 2 rings (SSSR count). The molecule has 4 nitrogen and oxygen atoms in total. The normalized spacial score (nSPS) is 20.2. The largest absolute Gasteiger partial charge is 0.391 e. The molecular formula is C14H23N3O. The molecule has 1 heterocycles. The van der Waals surface area contributed by atoms with Crippen LogP contribution in [0, 0.1) is 0 Å². The van der Waals surface area contributed by atoms with Gasteiger partial charge in [0.05, 0.1) is 6.10 Å². The van der Waals surface area contributed by atoms with Crippen LogP contribution in [-0.4, -0.2) is 40.7 Å². The van der Waals surface area contributed by atoms with E-state index in [9.17, 15) is 5.11 Å². The molecule has 0 amide bonds. The zero-order valence-corrected chi connectivity index (χ0v) is 11.3. The Morgan fingerprint density at radius 1 is 1.44 bits per heavy atom. The summed E-state index contributed by atoms with van der Waals surface area (Å²) >= 11 is 0. The number of aliphatic hydroxyl groups is 1. The van der Waals surface area contributed by atoms with Crippen LogP contribution in [0.25, 0.3) is 0 Å². The fourth-order valence-electron chi connectivity index (χ4n) is 3.09. The van der Waals surface area contributed by atoms with Gasteiger partial charge in [0.1, 0.15) is 5.82 Å². The van der Waals surface area contributed by atoms with Crippen LogP contribution >= 0.6 is 0 Å². The van der Waals surface area contributed by atoms with Gasteiger partial charge in [-0.25, -0.2) is 4.98 Å². The van der Waals surface area contributed by atoms with Gasteiger partial charge in [-0.2, -0.15) is 0 Å². The quantitative estimate of drug-likeness (QED) is 0.847. The van der Waals surface area contributed by atoms with Crippen LogP contribution in [0.2, 0.25) is 0 Å². The minimum absolute atomic E-state index is 0.0950.